The maximum absolute atomic E-state index is 5.75. The van der Waals surface area contributed by atoms with Gasteiger partial charge in [-0.1, -0.05) is 12.2 Å². The van der Waals surface area contributed by atoms with Crippen LogP contribution >= 0.6 is 12.2 Å². The van der Waals surface area contributed by atoms with Crippen LogP contribution in [0.4, 0.5) is 5.69 Å². The van der Waals surface area contributed by atoms with E-state index >= 15 is 0 Å². The molecule has 0 aliphatic heterocycles. The summed E-state index contributed by atoms with van der Waals surface area (Å²) in [6, 6.07) is 1.88. The number of hydrogen-bond donors (Lipinski definition) is 1. The molecule has 0 unspecified atom stereocenters. The number of thiocarbonyl (C=S) groups is 1. The average Bonchev–Trinajstić information content (AvgIpc) is 2.34. The van der Waals surface area contributed by atoms with Crippen LogP contribution in [0.1, 0.15) is 18.9 Å². The molecular weight excluding hydrogens is 244 g/mol. The molecule has 18 heavy (non-hydrogen) atoms. The highest BCUT2D eigenvalue weighted by Crippen LogP contribution is 2.19. The molecule has 0 spiro atoms. The van der Waals surface area contributed by atoms with E-state index < -0.39 is 0 Å². The second-order valence-corrected chi connectivity index (χ2v) is 4.93. The molecule has 5 heteroatoms. The lowest BCUT2D eigenvalue weighted by Gasteiger charge is -2.25. The van der Waals surface area contributed by atoms with Gasteiger partial charge in [0.15, 0.2) is 0 Å². The Kier molecular flexibility index (Phi) is 6.01. The van der Waals surface area contributed by atoms with Gasteiger partial charge in [0.05, 0.1) is 11.9 Å². The zero-order valence-corrected chi connectivity index (χ0v) is 12.2. The molecular formula is C13H22N4S. The highest BCUT2D eigenvalue weighted by Gasteiger charge is 2.11. The fourth-order valence-electron chi connectivity index (χ4n) is 1.87. The van der Waals surface area contributed by atoms with Crippen molar-refractivity contribution in [2.45, 2.75) is 13.3 Å². The molecule has 2 N–H and O–H groups in total. The standard InChI is InChI=1S/C13H22N4S/c1-4-17(9-5-8-16(2)3)12-10-15-7-6-11(12)13(14)18/h6-7,10H,4-5,8-9H2,1-3H3,(H2,14,18). The van der Waals surface area contributed by atoms with Crippen molar-refractivity contribution >= 4 is 22.9 Å². The lowest BCUT2D eigenvalue weighted by Crippen LogP contribution is -2.29. The van der Waals surface area contributed by atoms with E-state index in [1.54, 1.807) is 6.20 Å². The predicted molar refractivity (Wildman–Crippen MR) is 81.2 cm³/mol. The van der Waals surface area contributed by atoms with Gasteiger partial charge in [-0.15, -0.1) is 0 Å². The lowest BCUT2D eigenvalue weighted by atomic mass is 10.2. The third-order valence-electron chi connectivity index (χ3n) is 2.82. The smallest absolute Gasteiger partial charge is 0.106 e. The summed E-state index contributed by atoms with van der Waals surface area (Å²) in [5.41, 5.74) is 7.70. The summed E-state index contributed by atoms with van der Waals surface area (Å²) in [5.74, 6) is 0. The van der Waals surface area contributed by atoms with Crippen LogP contribution in [0.3, 0.4) is 0 Å². The molecule has 0 bridgehead atoms. The molecule has 0 saturated carbocycles. The SMILES string of the molecule is CCN(CCCN(C)C)c1cnccc1C(N)=S. The quantitative estimate of drug-likeness (QED) is 0.758. The number of hydrogen-bond acceptors (Lipinski definition) is 4. The van der Waals surface area contributed by atoms with Crippen LogP contribution in [0.5, 0.6) is 0 Å². The Morgan fingerprint density at radius 1 is 1.39 bits per heavy atom. The maximum atomic E-state index is 5.75. The summed E-state index contributed by atoms with van der Waals surface area (Å²) >= 11 is 5.09. The number of nitrogens with zero attached hydrogens (tertiary/aromatic N) is 3. The van der Waals surface area contributed by atoms with E-state index in [1.165, 1.54) is 0 Å². The monoisotopic (exact) mass is 266 g/mol. The number of rotatable bonds is 7. The van der Waals surface area contributed by atoms with Gasteiger partial charge >= 0.3 is 0 Å². The summed E-state index contributed by atoms with van der Waals surface area (Å²) in [5, 5.41) is 0. The molecule has 1 aromatic heterocycles. The van der Waals surface area contributed by atoms with E-state index in [0.29, 0.717) is 4.99 Å². The average molecular weight is 266 g/mol. The summed E-state index contributed by atoms with van der Waals surface area (Å²) in [4.78, 5) is 9.06. The van der Waals surface area contributed by atoms with Crippen LogP contribution in [0.15, 0.2) is 18.5 Å². The van der Waals surface area contributed by atoms with Crippen LogP contribution in [0, 0.1) is 0 Å². The van der Waals surface area contributed by atoms with Gasteiger partial charge in [0.1, 0.15) is 4.99 Å². The highest BCUT2D eigenvalue weighted by molar-refractivity contribution is 7.80. The van der Waals surface area contributed by atoms with E-state index in [4.69, 9.17) is 18.0 Å². The van der Waals surface area contributed by atoms with E-state index in [0.717, 1.165) is 37.3 Å². The van der Waals surface area contributed by atoms with Crippen molar-refractivity contribution in [1.29, 1.82) is 0 Å². The molecule has 4 nitrogen and oxygen atoms in total. The molecule has 0 radical (unpaired) electrons. The minimum Gasteiger partial charge on any atom is -0.389 e. The Balaban J connectivity index is 2.78. The van der Waals surface area contributed by atoms with Gasteiger partial charge in [-0.3, -0.25) is 4.98 Å². The van der Waals surface area contributed by atoms with Gasteiger partial charge in [0, 0.05) is 24.8 Å². The van der Waals surface area contributed by atoms with Crippen molar-refractivity contribution in [3.05, 3.63) is 24.0 Å². The Morgan fingerprint density at radius 3 is 2.67 bits per heavy atom. The minimum absolute atomic E-state index is 0.429. The van der Waals surface area contributed by atoms with E-state index in [9.17, 15) is 0 Å². The predicted octanol–water partition coefficient (Wildman–Crippen LogP) is 1.49. The largest absolute Gasteiger partial charge is 0.389 e. The van der Waals surface area contributed by atoms with E-state index in [1.807, 2.05) is 12.3 Å². The van der Waals surface area contributed by atoms with Gasteiger partial charge in [-0.05, 0) is 40.1 Å². The van der Waals surface area contributed by atoms with Gasteiger partial charge in [0.2, 0.25) is 0 Å². The van der Waals surface area contributed by atoms with E-state index in [-0.39, 0.29) is 0 Å². The zero-order valence-electron chi connectivity index (χ0n) is 11.4. The summed E-state index contributed by atoms with van der Waals surface area (Å²) in [7, 11) is 4.17. The second kappa shape index (κ2) is 7.28. The van der Waals surface area contributed by atoms with Crippen molar-refractivity contribution in [1.82, 2.24) is 9.88 Å². The van der Waals surface area contributed by atoms with Crippen LogP contribution in [-0.2, 0) is 0 Å². The van der Waals surface area contributed by atoms with E-state index in [2.05, 4.69) is 35.8 Å². The molecule has 0 aromatic carbocycles. The van der Waals surface area contributed by atoms with Crippen molar-refractivity contribution in [3.8, 4) is 0 Å². The maximum Gasteiger partial charge on any atom is 0.106 e. The van der Waals surface area contributed by atoms with Crippen LogP contribution in [-0.4, -0.2) is 48.6 Å². The molecule has 1 aromatic rings. The Labute approximate surface area is 115 Å². The normalized spacial score (nSPS) is 10.7. The van der Waals surface area contributed by atoms with Crippen molar-refractivity contribution in [2.75, 3.05) is 38.6 Å². The number of pyridine rings is 1. The molecule has 1 rings (SSSR count). The Bertz CT molecular complexity index is 392. The first-order valence-corrected chi connectivity index (χ1v) is 6.60. The molecule has 0 amide bonds. The number of anilines is 1. The number of aromatic nitrogens is 1. The first-order chi connectivity index (χ1) is 8.56. The lowest BCUT2D eigenvalue weighted by molar-refractivity contribution is 0.400. The van der Waals surface area contributed by atoms with Gasteiger partial charge in [-0.25, -0.2) is 0 Å². The van der Waals surface area contributed by atoms with Crippen molar-refractivity contribution in [3.63, 3.8) is 0 Å². The van der Waals surface area contributed by atoms with Crippen molar-refractivity contribution in [2.24, 2.45) is 5.73 Å². The number of nitrogens with two attached hydrogens (primary N) is 1. The summed E-state index contributed by atoms with van der Waals surface area (Å²) < 4.78 is 0. The van der Waals surface area contributed by atoms with Gasteiger partial charge in [0.25, 0.3) is 0 Å². The third kappa shape index (κ3) is 4.23. The molecule has 0 aliphatic carbocycles. The van der Waals surface area contributed by atoms with Crippen LogP contribution < -0.4 is 10.6 Å². The molecule has 0 atom stereocenters. The molecule has 0 aliphatic rings. The zero-order chi connectivity index (χ0) is 13.5. The summed E-state index contributed by atoms with van der Waals surface area (Å²) in [6.45, 7) is 5.11. The molecule has 0 fully saturated rings. The third-order valence-corrected chi connectivity index (χ3v) is 3.04. The second-order valence-electron chi connectivity index (χ2n) is 4.49. The van der Waals surface area contributed by atoms with Gasteiger partial charge in [-0.2, -0.15) is 0 Å². The molecule has 0 saturated heterocycles. The Hall–Kier alpha value is -1.20. The van der Waals surface area contributed by atoms with Crippen LogP contribution in [0.25, 0.3) is 0 Å². The fraction of sp³-hybridized carbons (Fsp3) is 0.538. The first-order valence-electron chi connectivity index (χ1n) is 6.19. The van der Waals surface area contributed by atoms with Gasteiger partial charge < -0.3 is 15.5 Å². The highest BCUT2D eigenvalue weighted by atomic mass is 32.1. The molecule has 1 heterocycles. The van der Waals surface area contributed by atoms with Crippen molar-refractivity contribution < 1.29 is 0 Å². The Morgan fingerprint density at radius 2 is 2.11 bits per heavy atom. The first kappa shape index (κ1) is 14.9. The van der Waals surface area contributed by atoms with Crippen LogP contribution in [0.2, 0.25) is 0 Å². The summed E-state index contributed by atoms with van der Waals surface area (Å²) in [6.07, 6.45) is 4.67. The minimum atomic E-state index is 0.429. The fourth-order valence-corrected chi connectivity index (χ4v) is 2.05. The topological polar surface area (TPSA) is 45.4 Å². The molecule has 100 valence electrons.